The van der Waals surface area contributed by atoms with Gasteiger partial charge in [0, 0.05) is 32.1 Å². The highest BCUT2D eigenvalue weighted by Gasteiger charge is 2.38. The quantitative estimate of drug-likeness (QED) is 0.780. The highest BCUT2D eigenvalue weighted by Crippen LogP contribution is 2.24. The molecule has 1 aromatic heterocycles. The zero-order chi connectivity index (χ0) is 23.0. The second kappa shape index (κ2) is 10.6. The number of aliphatic carboxylic acids is 1. The molecular formula is C21H23F3N2O5. The van der Waals surface area contributed by atoms with Crippen LogP contribution in [-0.2, 0) is 4.79 Å². The third kappa shape index (κ3) is 7.16. The van der Waals surface area contributed by atoms with Gasteiger partial charge in [-0.05, 0) is 36.8 Å². The van der Waals surface area contributed by atoms with E-state index in [1.807, 2.05) is 42.2 Å². The number of carboxylic acid groups (broad SMARTS) is 1. The maximum Gasteiger partial charge on any atom is 0.490 e. The average Bonchev–Trinajstić information content (AvgIpc) is 2.74. The van der Waals surface area contributed by atoms with E-state index in [1.54, 1.807) is 19.5 Å². The van der Waals surface area contributed by atoms with Crippen LogP contribution >= 0.6 is 0 Å². The van der Waals surface area contributed by atoms with Crippen molar-refractivity contribution < 1.29 is 37.3 Å². The number of benzene rings is 1. The predicted octanol–water partition coefficient (Wildman–Crippen LogP) is 3.72. The Balaban J connectivity index is 0.000000423. The fourth-order valence-corrected chi connectivity index (χ4v) is 2.93. The minimum absolute atomic E-state index is 0.0201. The van der Waals surface area contributed by atoms with E-state index in [9.17, 15) is 18.0 Å². The number of carboxylic acids is 1. The van der Waals surface area contributed by atoms with Crippen LogP contribution in [0.25, 0.3) is 0 Å². The topological polar surface area (TPSA) is 89.0 Å². The van der Waals surface area contributed by atoms with Crippen molar-refractivity contribution in [3.05, 3.63) is 53.9 Å². The first kappa shape index (κ1) is 24.0. The van der Waals surface area contributed by atoms with E-state index in [4.69, 9.17) is 19.4 Å². The van der Waals surface area contributed by atoms with Crippen molar-refractivity contribution in [3.8, 4) is 11.5 Å². The standard InChI is InChI=1S/C19H22N2O3.C2HF3O2/c1-14-5-6-17(18(12-14)23-2)19(22)21-10-7-15(8-11-21)24-16-4-3-9-20-13-16;3-2(4,5)1(6)7/h3-6,9,12-13,15H,7-8,10-11H2,1-2H3;(H,6,7). The Morgan fingerprint density at radius 2 is 1.84 bits per heavy atom. The molecule has 0 atom stereocenters. The van der Waals surface area contributed by atoms with Crippen molar-refractivity contribution in [1.29, 1.82) is 0 Å². The maximum absolute atomic E-state index is 12.8. The molecule has 0 radical (unpaired) electrons. The lowest BCUT2D eigenvalue weighted by Gasteiger charge is -2.32. The number of aryl methyl sites for hydroxylation is 1. The summed E-state index contributed by atoms with van der Waals surface area (Å²) in [6, 6.07) is 9.44. The van der Waals surface area contributed by atoms with E-state index in [-0.39, 0.29) is 12.0 Å². The second-order valence-corrected chi connectivity index (χ2v) is 6.80. The molecule has 168 valence electrons. The van der Waals surface area contributed by atoms with Crippen LogP contribution in [0.15, 0.2) is 42.7 Å². The number of nitrogens with zero attached hydrogens (tertiary/aromatic N) is 2. The second-order valence-electron chi connectivity index (χ2n) is 6.80. The van der Waals surface area contributed by atoms with Crippen LogP contribution in [0.4, 0.5) is 13.2 Å². The van der Waals surface area contributed by atoms with Gasteiger partial charge in [0.05, 0.1) is 18.9 Å². The number of carbonyl (C=O) groups excluding carboxylic acids is 1. The van der Waals surface area contributed by atoms with E-state index < -0.39 is 12.1 Å². The molecule has 1 saturated heterocycles. The van der Waals surface area contributed by atoms with E-state index in [1.165, 1.54) is 0 Å². The summed E-state index contributed by atoms with van der Waals surface area (Å²) in [5.74, 6) is -1.32. The summed E-state index contributed by atoms with van der Waals surface area (Å²) in [6.07, 6.45) is 0.111. The third-order valence-electron chi connectivity index (χ3n) is 4.50. The summed E-state index contributed by atoms with van der Waals surface area (Å²) >= 11 is 0. The lowest BCUT2D eigenvalue weighted by atomic mass is 10.0. The van der Waals surface area contributed by atoms with Crippen LogP contribution in [0.2, 0.25) is 0 Å². The maximum atomic E-state index is 12.8. The third-order valence-corrected chi connectivity index (χ3v) is 4.50. The zero-order valence-corrected chi connectivity index (χ0v) is 17.1. The minimum Gasteiger partial charge on any atom is -0.496 e. The number of hydrogen-bond acceptors (Lipinski definition) is 5. The minimum atomic E-state index is -5.08. The number of rotatable bonds is 4. The number of carbonyl (C=O) groups is 2. The molecule has 7 nitrogen and oxygen atoms in total. The van der Waals surface area contributed by atoms with Gasteiger partial charge in [0.2, 0.25) is 0 Å². The SMILES string of the molecule is COc1cc(C)ccc1C(=O)N1CCC(Oc2cccnc2)CC1.O=C(O)C(F)(F)F. The van der Waals surface area contributed by atoms with Gasteiger partial charge in [-0.1, -0.05) is 6.07 Å². The molecule has 3 rings (SSSR count). The van der Waals surface area contributed by atoms with Crippen molar-refractivity contribution >= 4 is 11.9 Å². The highest BCUT2D eigenvalue weighted by atomic mass is 19.4. The molecular weight excluding hydrogens is 417 g/mol. The van der Waals surface area contributed by atoms with Crippen molar-refractivity contribution in [1.82, 2.24) is 9.88 Å². The van der Waals surface area contributed by atoms with Crippen LogP contribution < -0.4 is 9.47 Å². The molecule has 1 aliphatic rings. The number of ether oxygens (including phenoxy) is 2. The van der Waals surface area contributed by atoms with Gasteiger partial charge in [0.25, 0.3) is 5.91 Å². The molecule has 1 amide bonds. The van der Waals surface area contributed by atoms with Crippen LogP contribution in [0, 0.1) is 6.92 Å². The molecule has 10 heteroatoms. The van der Waals surface area contributed by atoms with E-state index in [2.05, 4.69) is 4.98 Å². The van der Waals surface area contributed by atoms with Crippen LogP contribution in [-0.4, -0.2) is 59.3 Å². The Labute approximate surface area is 177 Å². The first-order chi connectivity index (χ1) is 14.6. The van der Waals surface area contributed by atoms with Crippen molar-refractivity contribution in [2.75, 3.05) is 20.2 Å². The van der Waals surface area contributed by atoms with Gasteiger partial charge in [-0.3, -0.25) is 9.78 Å². The van der Waals surface area contributed by atoms with Gasteiger partial charge in [0.1, 0.15) is 17.6 Å². The highest BCUT2D eigenvalue weighted by molar-refractivity contribution is 5.97. The van der Waals surface area contributed by atoms with E-state index >= 15 is 0 Å². The summed E-state index contributed by atoms with van der Waals surface area (Å²) in [7, 11) is 1.60. The molecule has 1 aliphatic heterocycles. The fraction of sp³-hybridized carbons (Fsp3) is 0.381. The summed E-state index contributed by atoms with van der Waals surface area (Å²) < 4.78 is 43.0. The number of piperidine rings is 1. The molecule has 1 aromatic carbocycles. The van der Waals surface area contributed by atoms with Crippen LogP contribution in [0.1, 0.15) is 28.8 Å². The predicted molar refractivity (Wildman–Crippen MR) is 105 cm³/mol. The molecule has 0 unspecified atom stereocenters. The first-order valence-electron chi connectivity index (χ1n) is 9.42. The van der Waals surface area contributed by atoms with Gasteiger partial charge in [-0.25, -0.2) is 4.79 Å². The smallest absolute Gasteiger partial charge is 0.490 e. The monoisotopic (exact) mass is 440 g/mol. The number of pyridine rings is 1. The molecule has 2 aromatic rings. The lowest BCUT2D eigenvalue weighted by molar-refractivity contribution is -0.192. The van der Waals surface area contributed by atoms with Crippen molar-refractivity contribution in [2.24, 2.45) is 0 Å². The van der Waals surface area contributed by atoms with E-state index in [0.717, 1.165) is 24.2 Å². The van der Waals surface area contributed by atoms with Crippen LogP contribution in [0.3, 0.4) is 0 Å². The Hall–Kier alpha value is -3.30. The number of methoxy groups -OCH3 is 1. The number of halogens is 3. The molecule has 2 heterocycles. The largest absolute Gasteiger partial charge is 0.496 e. The Kier molecular flexibility index (Phi) is 8.23. The summed E-state index contributed by atoms with van der Waals surface area (Å²) in [6.45, 7) is 3.35. The molecule has 1 fully saturated rings. The summed E-state index contributed by atoms with van der Waals surface area (Å²) in [4.78, 5) is 27.6. The van der Waals surface area contributed by atoms with Crippen molar-refractivity contribution in [2.45, 2.75) is 32.0 Å². The normalized spacial score (nSPS) is 14.3. The van der Waals surface area contributed by atoms with Gasteiger partial charge < -0.3 is 19.5 Å². The summed E-state index contributed by atoms with van der Waals surface area (Å²) in [5, 5.41) is 7.12. The number of alkyl halides is 3. The molecule has 0 spiro atoms. The van der Waals surface area contributed by atoms with Gasteiger partial charge in [-0.15, -0.1) is 0 Å². The van der Waals surface area contributed by atoms with Crippen molar-refractivity contribution in [3.63, 3.8) is 0 Å². The molecule has 1 N–H and O–H groups in total. The first-order valence-corrected chi connectivity index (χ1v) is 9.42. The Bertz CT molecular complexity index is 882. The Morgan fingerprint density at radius 1 is 1.19 bits per heavy atom. The molecule has 0 saturated carbocycles. The lowest BCUT2D eigenvalue weighted by Crippen LogP contribution is -2.41. The zero-order valence-electron chi connectivity index (χ0n) is 17.1. The van der Waals surface area contributed by atoms with Gasteiger partial charge in [-0.2, -0.15) is 13.2 Å². The number of amides is 1. The van der Waals surface area contributed by atoms with Gasteiger partial charge in [0.15, 0.2) is 0 Å². The fourth-order valence-electron chi connectivity index (χ4n) is 2.93. The molecule has 0 aliphatic carbocycles. The van der Waals surface area contributed by atoms with Gasteiger partial charge >= 0.3 is 12.1 Å². The molecule has 0 bridgehead atoms. The number of hydrogen-bond donors (Lipinski definition) is 1. The average molecular weight is 440 g/mol. The van der Waals surface area contributed by atoms with Crippen LogP contribution in [0.5, 0.6) is 11.5 Å². The number of likely N-dealkylation sites (tertiary alicyclic amines) is 1. The Morgan fingerprint density at radius 3 is 2.35 bits per heavy atom. The summed E-state index contributed by atoms with van der Waals surface area (Å²) in [5.41, 5.74) is 1.70. The molecule has 31 heavy (non-hydrogen) atoms. The van der Waals surface area contributed by atoms with E-state index in [0.29, 0.717) is 24.4 Å². The number of aromatic nitrogens is 1.